The number of nitriles is 1. The molecule has 0 heterocycles. The molecule has 0 saturated heterocycles. The molecule has 7 nitrogen and oxygen atoms in total. The molecule has 124 valence electrons. The minimum atomic E-state index is -3.49. The van der Waals surface area contributed by atoms with Crippen molar-refractivity contribution in [3.63, 3.8) is 0 Å². The van der Waals surface area contributed by atoms with Crippen molar-refractivity contribution in [3.05, 3.63) is 35.4 Å². The van der Waals surface area contributed by atoms with E-state index in [1.165, 1.54) is 36.1 Å². The van der Waals surface area contributed by atoms with Crippen LogP contribution in [0.25, 0.3) is 0 Å². The highest BCUT2D eigenvalue weighted by atomic mass is 32.2. The minimum absolute atomic E-state index is 0.213. The van der Waals surface area contributed by atoms with Gasteiger partial charge in [-0.25, -0.2) is 13.2 Å². The van der Waals surface area contributed by atoms with Gasteiger partial charge in [0.05, 0.1) is 17.4 Å². The standard InChI is InChI=1S/C15H18N2O5S/c1-11(14(18)17(2)3)22-15(19)13-6-4-12(5-7-13)10-23(20,21)9-8-16/h4-7,11H,9-10H2,1-3H3/t11-/m0/s1. The quantitative estimate of drug-likeness (QED) is 0.709. The molecule has 0 N–H and O–H groups in total. The van der Waals surface area contributed by atoms with Crippen molar-refractivity contribution in [1.29, 1.82) is 5.26 Å². The molecule has 8 heteroatoms. The fourth-order valence-electron chi connectivity index (χ4n) is 1.78. The van der Waals surface area contributed by atoms with Crippen molar-refractivity contribution in [2.24, 2.45) is 0 Å². The van der Waals surface area contributed by atoms with E-state index >= 15 is 0 Å². The second-order valence-corrected chi connectivity index (χ2v) is 7.23. The van der Waals surface area contributed by atoms with Crippen LogP contribution >= 0.6 is 0 Å². The molecule has 1 rings (SSSR count). The van der Waals surface area contributed by atoms with E-state index in [4.69, 9.17) is 10.00 Å². The van der Waals surface area contributed by atoms with Crippen LogP contribution in [-0.4, -0.2) is 51.1 Å². The summed E-state index contributed by atoms with van der Waals surface area (Å²) in [5, 5.41) is 8.44. The number of hydrogen-bond donors (Lipinski definition) is 0. The fourth-order valence-corrected chi connectivity index (χ4v) is 2.78. The van der Waals surface area contributed by atoms with Crippen LogP contribution in [0.1, 0.15) is 22.8 Å². The Bertz CT molecular complexity index is 717. The van der Waals surface area contributed by atoms with Crippen molar-refractivity contribution < 1.29 is 22.7 Å². The summed E-state index contributed by atoms with van der Waals surface area (Å²) >= 11 is 0. The average Bonchev–Trinajstić information content (AvgIpc) is 2.46. The van der Waals surface area contributed by atoms with E-state index in [1.807, 2.05) is 0 Å². The van der Waals surface area contributed by atoms with Crippen LogP contribution in [0.3, 0.4) is 0 Å². The first kappa shape index (κ1) is 18.6. The summed E-state index contributed by atoms with van der Waals surface area (Å²) < 4.78 is 28.1. The first-order chi connectivity index (χ1) is 10.7. The van der Waals surface area contributed by atoms with Gasteiger partial charge in [-0.2, -0.15) is 5.26 Å². The maximum Gasteiger partial charge on any atom is 0.338 e. The summed E-state index contributed by atoms with van der Waals surface area (Å²) in [5.74, 6) is -1.83. The highest BCUT2D eigenvalue weighted by molar-refractivity contribution is 7.90. The second kappa shape index (κ2) is 7.74. The van der Waals surface area contributed by atoms with Crippen molar-refractivity contribution in [2.45, 2.75) is 18.8 Å². The lowest BCUT2D eigenvalue weighted by Crippen LogP contribution is -2.34. The molecule has 0 unspecified atom stereocenters. The SMILES string of the molecule is C[C@H](OC(=O)c1ccc(CS(=O)(=O)CC#N)cc1)C(=O)N(C)C. The minimum Gasteiger partial charge on any atom is -0.449 e. The molecule has 1 amide bonds. The van der Waals surface area contributed by atoms with Gasteiger partial charge in [-0.3, -0.25) is 4.79 Å². The monoisotopic (exact) mass is 338 g/mol. The number of carbonyl (C=O) groups excluding carboxylic acids is 2. The number of nitrogens with zero attached hydrogens (tertiary/aromatic N) is 2. The van der Waals surface area contributed by atoms with Gasteiger partial charge in [0.2, 0.25) is 0 Å². The lowest BCUT2D eigenvalue weighted by atomic mass is 10.1. The van der Waals surface area contributed by atoms with E-state index in [2.05, 4.69) is 0 Å². The van der Waals surface area contributed by atoms with Crippen LogP contribution in [0.2, 0.25) is 0 Å². The number of carbonyl (C=O) groups is 2. The Kier molecular flexibility index (Phi) is 6.28. The first-order valence-electron chi connectivity index (χ1n) is 6.74. The Morgan fingerprint density at radius 3 is 2.30 bits per heavy atom. The molecule has 0 aliphatic rings. The van der Waals surface area contributed by atoms with Gasteiger partial charge in [-0.05, 0) is 24.6 Å². The Morgan fingerprint density at radius 1 is 1.26 bits per heavy atom. The highest BCUT2D eigenvalue weighted by Gasteiger charge is 2.20. The number of esters is 1. The van der Waals surface area contributed by atoms with Gasteiger partial charge in [-0.1, -0.05) is 12.1 Å². The van der Waals surface area contributed by atoms with Gasteiger partial charge in [0.15, 0.2) is 15.9 Å². The number of sulfone groups is 1. The normalized spacial score (nSPS) is 12.1. The summed E-state index contributed by atoms with van der Waals surface area (Å²) in [7, 11) is -0.368. The molecule has 0 aliphatic carbocycles. The van der Waals surface area contributed by atoms with E-state index in [-0.39, 0.29) is 17.2 Å². The molecule has 0 spiro atoms. The van der Waals surface area contributed by atoms with E-state index in [0.29, 0.717) is 5.56 Å². The van der Waals surface area contributed by atoms with E-state index < -0.39 is 27.7 Å². The van der Waals surface area contributed by atoms with E-state index in [1.54, 1.807) is 20.2 Å². The van der Waals surface area contributed by atoms with Gasteiger partial charge in [0.1, 0.15) is 5.75 Å². The molecule has 0 aromatic heterocycles. The van der Waals surface area contributed by atoms with Gasteiger partial charge in [0, 0.05) is 14.1 Å². The maximum atomic E-state index is 11.9. The van der Waals surface area contributed by atoms with Crippen molar-refractivity contribution >= 4 is 21.7 Å². The molecular formula is C15H18N2O5S. The van der Waals surface area contributed by atoms with Gasteiger partial charge in [0.25, 0.3) is 5.91 Å². The molecule has 0 fully saturated rings. The third-order valence-electron chi connectivity index (χ3n) is 2.93. The summed E-state index contributed by atoms with van der Waals surface area (Å²) in [4.78, 5) is 24.9. The molecule has 0 radical (unpaired) electrons. The average molecular weight is 338 g/mol. The third-order valence-corrected chi connectivity index (χ3v) is 4.28. The number of benzene rings is 1. The molecular weight excluding hydrogens is 320 g/mol. The van der Waals surface area contributed by atoms with Crippen LogP contribution in [0, 0.1) is 11.3 Å². The predicted octanol–water partition coefficient (Wildman–Crippen LogP) is 0.758. The molecule has 1 aromatic carbocycles. The summed E-state index contributed by atoms with van der Waals surface area (Å²) in [5.41, 5.74) is 0.680. The first-order valence-corrected chi connectivity index (χ1v) is 8.57. The van der Waals surface area contributed by atoms with Gasteiger partial charge >= 0.3 is 5.97 Å². The topological polar surface area (TPSA) is 105 Å². The molecule has 0 saturated carbocycles. The van der Waals surface area contributed by atoms with E-state index in [9.17, 15) is 18.0 Å². The van der Waals surface area contributed by atoms with Crippen molar-refractivity contribution in [2.75, 3.05) is 19.8 Å². The fraction of sp³-hybridized carbons (Fsp3) is 0.400. The largest absolute Gasteiger partial charge is 0.449 e. The third kappa shape index (κ3) is 5.71. The summed E-state index contributed by atoms with van der Waals surface area (Å²) in [6.07, 6.45) is -0.909. The number of hydrogen-bond acceptors (Lipinski definition) is 6. The summed E-state index contributed by atoms with van der Waals surface area (Å²) in [6, 6.07) is 7.40. The molecule has 1 aromatic rings. The lowest BCUT2D eigenvalue weighted by Gasteiger charge is -2.17. The van der Waals surface area contributed by atoms with Crippen molar-refractivity contribution in [3.8, 4) is 6.07 Å². The number of rotatable bonds is 6. The van der Waals surface area contributed by atoms with Crippen LogP contribution in [0.5, 0.6) is 0 Å². The lowest BCUT2D eigenvalue weighted by molar-refractivity contribution is -0.137. The Hall–Kier alpha value is -2.40. The zero-order chi connectivity index (χ0) is 17.6. The smallest absolute Gasteiger partial charge is 0.338 e. The molecule has 0 bridgehead atoms. The van der Waals surface area contributed by atoms with Crippen LogP contribution in [-0.2, 0) is 25.1 Å². The van der Waals surface area contributed by atoms with Crippen LogP contribution < -0.4 is 0 Å². The molecule has 1 atom stereocenters. The predicted molar refractivity (Wildman–Crippen MR) is 83.1 cm³/mol. The summed E-state index contributed by atoms with van der Waals surface area (Å²) in [6.45, 7) is 1.48. The van der Waals surface area contributed by atoms with Gasteiger partial charge < -0.3 is 9.64 Å². The van der Waals surface area contributed by atoms with Crippen LogP contribution in [0.15, 0.2) is 24.3 Å². The maximum absolute atomic E-state index is 11.9. The zero-order valence-corrected chi connectivity index (χ0v) is 14.0. The Labute approximate surface area is 135 Å². The number of ether oxygens (including phenoxy) is 1. The molecule has 23 heavy (non-hydrogen) atoms. The van der Waals surface area contributed by atoms with Gasteiger partial charge in [-0.15, -0.1) is 0 Å². The van der Waals surface area contributed by atoms with Crippen molar-refractivity contribution in [1.82, 2.24) is 4.90 Å². The zero-order valence-electron chi connectivity index (χ0n) is 13.1. The van der Waals surface area contributed by atoms with Crippen LogP contribution in [0.4, 0.5) is 0 Å². The second-order valence-electron chi connectivity index (χ2n) is 5.17. The Morgan fingerprint density at radius 2 is 1.83 bits per heavy atom. The number of likely N-dealkylation sites (N-methyl/N-ethyl adjacent to an activating group) is 1. The van der Waals surface area contributed by atoms with E-state index in [0.717, 1.165) is 0 Å². The Balaban J connectivity index is 2.75. The number of amides is 1. The highest BCUT2D eigenvalue weighted by Crippen LogP contribution is 2.11. The molecule has 0 aliphatic heterocycles.